The van der Waals surface area contributed by atoms with Gasteiger partial charge in [0.2, 0.25) is 0 Å². The zero-order valence-electron chi connectivity index (χ0n) is 11.5. The van der Waals surface area contributed by atoms with Crippen molar-refractivity contribution in [3.63, 3.8) is 0 Å². The van der Waals surface area contributed by atoms with Gasteiger partial charge in [0.25, 0.3) is 0 Å². The average molecular weight is 227 g/mol. The fraction of sp³-hybridized carbons (Fsp3) is 1.00. The van der Waals surface area contributed by atoms with E-state index in [1.165, 1.54) is 12.8 Å². The Morgan fingerprint density at radius 3 is 2.12 bits per heavy atom. The monoisotopic (exact) mass is 227 g/mol. The minimum Gasteiger partial charge on any atom is -0.374 e. The molecular weight excluding hydrogens is 198 g/mol. The van der Waals surface area contributed by atoms with Crippen LogP contribution in [0.4, 0.5) is 0 Å². The number of rotatable bonds is 5. The Balaban J connectivity index is 2.40. The maximum absolute atomic E-state index is 6.10. The van der Waals surface area contributed by atoms with Crippen LogP contribution in [-0.2, 0) is 4.74 Å². The van der Waals surface area contributed by atoms with Gasteiger partial charge in [0, 0.05) is 13.2 Å². The van der Waals surface area contributed by atoms with E-state index in [0.717, 1.165) is 31.8 Å². The minimum absolute atomic E-state index is 0.00951. The highest BCUT2D eigenvalue weighted by atomic mass is 16.5. The van der Waals surface area contributed by atoms with Gasteiger partial charge in [-0.3, -0.25) is 0 Å². The molecule has 0 aromatic carbocycles. The second-order valence-corrected chi connectivity index (χ2v) is 6.58. The lowest BCUT2D eigenvalue weighted by Gasteiger charge is -2.43. The standard InChI is InChI=1S/C14H29NO/c1-12(2)5-10-16-14(11-15)8-6-13(3,4)7-9-14/h12H,5-11,15H2,1-4H3. The zero-order chi connectivity index (χ0) is 12.2. The molecule has 0 heterocycles. The van der Waals surface area contributed by atoms with Crippen LogP contribution in [0.3, 0.4) is 0 Å². The molecule has 1 aliphatic carbocycles. The predicted octanol–water partition coefficient (Wildman–Crippen LogP) is 3.35. The first-order chi connectivity index (χ1) is 7.39. The van der Waals surface area contributed by atoms with Crippen molar-refractivity contribution in [2.75, 3.05) is 13.2 Å². The summed E-state index contributed by atoms with van der Waals surface area (Å²) in [5.74, 6) is 0.717. The van der Waals surface area contributed by atoms with Crippen molar-refractivity contribution in [3.05, 3.63) is 0 Å². The molecule has 96 valence electrons. The van der Waals surface area contributed by atoms with Crippen LogP contribution in [0.25, 0.3) is 0 Å². The van der Waals surface area contributed by atoms with E-state index < -0.39 is 0 Å². The van der Waals surface area contributed by atoms with Crippen LogP contribution in [0.2, 0.25) is 0 Å². The SMILES string of the molecule is CC(C)CCOC1(CN)CCC(C)(C)CC1. The molecule has 0 atom stereocenters. The normalized spacial score (nSPS) is 23.6. The summed E-state index contributed by atoms with van der Waals surface area (Å²) >= 11 is 0. The van der Waals surface area contributed by atoms with Gasteiger partial charge in [0.05, 0.1) is 5.60 Å². The lowest BCUT2D eigenvalue weighted by atomic mass is 9.71. The summed E-state index contributed by atoms with van der Waals surface area (Å²) in [5, 5.41) is 0. The summed E-state index contributed by atoms with van der Waals surface area (Å²) in [7, 11) is 0. The lowest BCUT2D eigenvalue weighted by Crippen LogP contribution is -2.45. The zero-order valence-corrected chi connectivity index (χ0v) is 11.5. The van der Waals surface area contributed by atoms with Gasteiger partial charge < -0.3 is 10.5 Å². The molecule has 0 amide bonds. The molecule has 0 bridgehead atoms. The summed E-state index contributed by atoms with van der Waals surface area (Å²) < 4.78 is 6.10. The van der Waals surface area contributed by atoms with Crippen molar-refractivity contribution in [2.24, 2.45) is 17.1 Å². The summed E-state index contributed by atoms with van der Waals surface area (Å²) in [4.78, 5) is 0. The second kappa shape index (κ2) is 5.50. The van der Waals surface area contributed by atoms with Crippen molar-refractivity contribution in [1.82, 2.24) is 0 Å². The first-order valence-corrected chi connectivity index (χ1v) is 6.73. The van der Waals surface area contributed by atoms with Gasteiger partial charge in [-0.2, -0.15) is 0 Å². The van der Waals surface area contributed by atoms with E-state index in [-0.39, 0.29) is 5.60 Å². The summed E-state index contributed by atoms with van der Waals surface area (Å²) in [6, 6.07) is 0. The first kappa shape index (κ1) is 14.0. The van der Waals surface area contributed by atoms with E-state index in [9.17, 15) is 0 Å². The molecule has 2 heteroatoms. The van der Waals surface area contributed by atoms with Crippen molar-refractivity contribution >= 4 is 0 Å². The molecule has 1 aliphatic rings. The molecule has 1 saturated carbocycles. The van der Waals surface area contributed by atoms with Crippen molar-refractivity contribution in [3.8, 4) is 0 Å². The van der Waals surface area contributed by atoms with Crippen LogP contribution < -0.4 is 5.73 Å². The van der Waals surface area contributed by atoms with E-state index in [4.69, 9.17) is 10.5 Å². The first-order valence-electron chi connectivity index (χ1n) is 6.73. The van der Waals surface area contributed by atoms with Crippen LogP contribution in [-0.4, -0.2) is 18.8 Å². The van der Waals surface area contributed by atoms with Crippen LogP contribution in [0.15, 0.2) is 0 Å². The summed E-state index contributed by atoms with van der Waals surface area (Å²) in [6.45, 7) is 10.7. The maximum atomic E-state index is 6.10. The largest absolute Gasteiger partial charge is 0.374 e. The van der Waals surface area contributed by atoms with E-state index in [1.54, 1.807) is 0 Å². The van der Waals surface area contributed by atoms with Crippen LogP contribution in [0, 0.1) is 11.3 Å². The number of nitrogens with two attached hydrogens (primary N) is 1. The third kappa shape index (κ3) is 4.06. The van der Waals surface area contributed by atoms with Crippen molar-refractivity contribution < 1.29 is 4.74 Å². The van der Waals surface area contributed by atoms with Crippen molar-refractivity contribution in [1.29, 1.82) is 0 Å². The third-order valence-electron chi connectivity index (χ3n) is 3.99. The molecule has 0 aliphatic heterocycles. The highest BCUT2D eigenvalue weighted by Gasteiger charge is 2.37. The summed E-state index contributed by atoms with van der Waals surface area (Å²) in [6.07, 6.45) is 5.89. The van der Waals surface area contributed by atoms with Gasteiger partial charge in [-0.05, 0) is 43.4 Å². The predicted molar refractivity (Wildman–Crippen MR) is 69.4 cm³/mol. The Kier molecular flexibility index (Phi) is 4.81. The molecule has 16 heavy (non-hydrogen) atoms. The Morgan fingerprint density at radius 2 is 1.69 bits per heavy atom. The molecule has 2 N–H and O–H groups in total. The molecule has 0 aromatic rings. The van der Waals surface area contributed by atoms with E-state index >= 15 is 0 Å². The molecular formula is C14H29NO. The Hall–Kier alpha value is -0.0800. The molecule has 0 unspecified atom stereocenters. The smallest absolute Gasteiger partial charge is 0.0804 e. The molecule has 0 radical (unpaired) electrons. The Labute approximate surface area is 101 Å². The Morgan fingerprint density at radius 1 is 1.12 bits per heavy atom. The average Bonchev–Trinajstić information content (AvgIpc) is 2.21. The molecule has 0 spiro atoms. The van der Waals surface area contributed by atoms with Gasteiger partial charge in [0.1, 0.15) is 0 Å². The van der Waals surface area contributed by atoms with Gasteiger partial charge >= 0.3 is 0 Å². The number of hydrogen-bond acceptors (Lipinski definition) is 2. The molecule has 2 nitrogen and oxygen atoms in total. The summed E-state index contributed by atoms with van der Waals surface area (Å²) in [5.41, 5.74) is 6.40. The van der Waals surface area contributed by atoms with Crippen LogP contribution in [0.1, 0.15) is 59.8 Å². The van der Waals surface area contributed by atoms with Gasteiger partial charge in [0.15, 0.2) is 0 Å². The number of ether oxygens (including phenoxy) is 1. The fourth-order valence-corrected chi connectivity index (χ4v) is 2.30. The Bertz CT molecular complexity index is 201. The minimum atomic E-state index is -0.00951. The van der Waals surface area contributed by atoms with Crippen molar-refractivity contribution in [2.45, 2.75) is 65.4 Å². The lowest BCUT2D eigenvalue weighted by molar-refractivity contribution is -0.0839. The second-order valence-electron chi connectivity index (χ2n) is 6.58. The molecule has 1 rings (SSSR count). The third-order valence-corrected chi connectivity index (χ3v) is 3.99. The number of hydrogen-bond donors (Lipinski definition) is 1. The van der Waals surface area contributed by atoms with E-state index in [2.05, 4.69) is 27.7 Å². The highest BCUT2D eigenvalue weighted by Crippen LogP contribution is 2.41. The van der Waals surface area contributed by atoms with E-state index in [1.807, 2.05) is 0 Å². The van der Waals surface area contributed by atoms with Gasteiger partial charge in [-0.25, -0.2) is 0 Å². The molecule has 0 aromatic heterocycles. The van der Waals surface area contributed by atoms with Crippen LogP contribution in [0.5, 0.6) is 0 Å². The van der Waals surface area contributed by atoms with Gasteiger partial charge in [-0.15, -0.1) is 0 Å². The van der Waals surface area contributed by atoms with Crippen LogP contribution >= 0.6 is 0 Å². The highest BCUT2D eigenvalue weighted by molar-refractivity contribution is 4.91. The molecule has 1 fully saturated rings. The van der Waals surface area contributed by atoms with E-state index in [0.29, 0.717) is 12.0 Å². The quantitative estimate of drug-likeness (QED) is 0.781. The molecule has 0 saturated heterocycles. The topological polar surface area (TPSA) is 35.2 Å². The fourth-order valence-electron chi connectivity index (χ4n) is 2.30. The maximum Gasteiger partial charge on any atom is 0.0804 e. The van der Waals surface area contributed by atoms with Gasteiger partial charge in [-0.1, -0.05) is 27.7 Å².